The maximum absolute atomic E-state index is 9.30. The molecule has 0 aliphatic heterocycles. The van der Waals surface area contributed by atoms with Gasteiger partial charge in [0.2, 0.25) is 0 Å². The Bertz CT molecular complexity index is 350. The molecule has 0 aliphatic rings. The lowest BCUT2D eigenvalue weighted by Gasteiger charge is -2.09. The second-order valence-corrected chi connectivity index (χ2v) is 4.76. The van der Waals surface area contributed by atoms with Crippen molar-refractivity contribution >= 4 is 0 Å². The highest BCUT2D eigenvalue weighted by Crippen LogP contribution is 2.13. The molecule has 1 N–H and O–H groups in total. The van der Waals surface area contributed by atoms with E-state index in [9.17, 15) is 5.11 Å². The van der Waals surface area contributed by atoms with Gasteiger partial charge in [0.15, 0.2) is 0 Å². The standard InChI is InChI=1S/C16H26O5/c1-14(17)13-15-3-5-16(6-4-15)21-12-11-20-10-9-19-8-7-18-2/h3-6,14,17H,7-13H2,1-2H3. The predicted molar refractivity (Wildman–Crippen MR) is 80.8 cm³/mol. The van der Waals surface area contributed by atoms with E-state index in [0.717, 1.165) is 11.3 Å². The number of hydrogen-bond acceptors (Lipinski definition) is 5. The average molecular weight is 298 g/mol. The van der Waals surface area contributed by atoms with E-state index in [1.54, 1.807) is 14.0 Å². The number of aliphatic hydroxyl groups is 1. The monoisotopic (exact) mass is 298 g/mol. The van der Waals surface area contributed by atoms with Crippen molar-refractivity contribution in [3.8, 4) is 5.75 Å². The summed E-state index contributed by atoms with van der Waals surface area (Å²) in [7, 11) is 1.65. The van der Waals surface area contributed by atoms with Crippen molar-refractivity contribution in [2.75, 3.05) is 46.8 Å². The molecule has 0 spiro atoms. The van der Waals surface area contributed by atoms with Gasteiger partial charge < -0.3 is 24.1 Å². The van der Waals surface area contributed by atoms with E-state index in [4.69, 9.17) is 18.9 Å². The summed E-state index contributed by atoms with van der Waals surface area (Å²) in [5.74, 6) is 0.810. The minimum atomic E-state index is -0.323. The molecule has 5 nitrogen and oxygen atoms in total. The minimum Gasteiger partial charge on any atom is -0.491 e. The molecule has 1 aromatic carbocycles. The Morgan fingerprint density at radius 2 is 1.48 bits per heavy atom. The first kappa shape index (κ1) is 17.9. The van der Waals surface area contributed by atoms with E-state index in [2.05, 4.69) is 0 Å². The van der Waals surface area contributed by atoms with Gasteiger partial charge in [-0.05, 0) is 31.0 Å². The van der Waals surface area contributed by atoms with Crippen molar-refractivity contribution in [2.24, 2.45) is 0 Å². The second kappa shape index (κ2) is 11.5. The number of methoxy groups -OCH3 is 1. The van der Waals surface area contributed by atoms with Gasteiger partial charge in [-0.2, -0.15) is 0 Å². The highest BCUT2D eigenvalue weighted by Gasteiger charge is 2.00. The topological polar surface area (TPSA) is 57.2 Å². The zero-order valence-corrected chi connectivity index (χ0v) is 12.9. The Balaban J connectivity index is 2.02. The van der Waals surface area contributed by atoms with Gasteiger partial charge in [0.25, 0.3) is 0 Å². The average Bonchev–Trinajstić information content (AvgIpc) is 2.47. The Kier molecular flexibility index (Phi) is 9.82. The first-order valence-electron chi connectivity index (χ1n) is 7.26. The summed E-state index contributed by atoms with van der Waals surface area (Å²) in [5, 5.41) is 9.30. The number of hydrogen-bond donors (Lipinski definition) is 1. The van der Waals surface area contributed by atoms with Gasteiger partial charge in [-0.3, -0.25) is 0 Å². The summed E-state index contributed by atoms with van der Waals surface area (Å²) in [4.78, 5) is 0. The van der Waals surface area contributed by atoms with Crippen LogP contribution in [0, 0.1) is 0 Å². The lowest BCUT2D eigenvalue weighted by Crippen LogP contribution is -2.12. The van der Waals surface area contributed by atoms with E-state index < -0.39 is 0 Å². The van der Waals surface area contributed by atoms with E-state index in [1.807, 2.05) is 24.3 Å². The van der Waals surface area contributed by atoms with Gasteiger partial charge in [0.1, 0.15) is 12.4 Å². The SMILES string of the molecule is COCCOCCOCCOc1ccc(CC(C)O)cc1. The van der Waals surface area contributed by atoms with Crippen molar-refractivity contribution in [2.45, 2.75) is 19.4 Å². The Morgan fingerprint density at radius 3 is 2.05 bits per heavy atom. The lowest BCUT2D eigenvalue weighted by molar-refractivity contribution is 0.0180. The smallest absolute Gasteiger partial charge is 0.119 e. The van der Waals surface area contributed by atoms with E-state index >= 15 is 0 Å². The fourth-order valence-electron chi connectivity index (χ4n) is 1.75. The van der Waals surface area contributed by atoms with Crippen molar-refractivity contribution < 1.29 is 24.1 Å². The van der Waals surface area contributed by atoms with Crippen LogP contribution in [-0.4, -0.2) is 58.0 Å². The highest BCUT2D eigenvalue weighted by atomic mass is 16.6. The van der Waals surface area contributed by atoms with E-state index in [-0.39, 0.29) is 6.10 Å². The molecule has 1 rings (SSSR count). The van der Waals surface area contributed by atoms with Gasteiger partial charge >= 0.3 is 0 Å². The molecule has 0 radical (unpaired) electrons. The molecular weight excluding hydrogens is 272 g/mol. The van der Waals surface area contributed by atoms with Gasteiger partial charge in [-0.25, -0.2) is 0 Å². The van der Waals surface area contributed by atoms with Crippen LogP contribution in [0.5, 0.6) is 5.75 Å². The van der Waals surface area contributed by atoms with E-state index in [1.165, 1.54) is 0 Å². The van der Waals surface area contributed by atoms with Crippen LogP contribution in [-0.2, 0) is 20.6 Å². The summed E-state index contributed by atoms with van der Waals surface area (Å²) in [6.45, 7) is 5.14. The van der Waals surface area contributed by atoms with Crippen molar-refractivity contribution in [3.05, 3.63) is 29.8 Å². The predicted octanol–water partition coefficient (Wildman–Crippen LogP) is 1.67. The molecule has 1 unspecified atom stereocenters. The van der Waals surface area contributed by atoms with Gasteiger partial charge in [0, 0.05) is 7.11 Å². The largest absolute Gasteiger partial charge is 0.491 e. The number of benzene rings is 1. The van der Waals surface area contributed by atoms with Crippen molar-refractivity contribution in [1.82, 2.24) is 0 Å². The third-order valence-electron chi connectivity index (χ3n) is 2.75. The molecule has 5 heteroatoms. The molecule has 0 saturated carbocycles. The van der Waals surface area contributed by atoms with E-state index in [0.29, 0.717) is 46.1 Å². The van der Waals surface area contributed by atoms with Crippen LogP contribution in [0.4, 0.5) is 0 Å². The first-order valence-corrected chi connectivity index (χ1v) is 7.26. The van der Waals surface area contributed by atoms with Gasteiger partial charge in [-0.1, -0.05) is 12.1 Å². The Hall–Kier alpha value is -1.14. The minimum absolute atomic E-state index is 0.323. The molecule has 0 fully saturated rings. The molecule has 0 amide bonds. The van der Waals surface area contributed by atoms with Crippen molar-refractivity contribution in [1.29, 1.82) is 0 Å². The summed E-state index contributed by atoms with van der Waals surface area (Å²) in [6, 6.07) is 7.75. The molecule has 120 valence electrons. The first-order chi connectivity index (χ1) is 10.2. The molecule has 0 bridgehead atoms. The normalized spacial score (nSPS) is 12.3. The molecule has 1 aromatic rings. The zero-order valence-electron chi connectivity index (χ0n) is 12.9. The fourth-order valence-corrected chi connectivity index (χ4v) is 1.75. The summed E-state index contributed by atoms with van der Waals surface area (Å²) in [6.07, 6.45) is 0.336. The number of ether oxygens (including phenoxy) is 4. The second-order valence-electron chi connectivity index (χ2n) is 4.76. The zero-order chi connectivity index (χ0) is 15.3. The quantitative estimate of drug-likeness (QED) is 0.595. The molecule has 21 heavy (non-hydrogen) atoms. The van der Waals surface area contributed by atoms with Crippen LogP contribution < -0.4 is 4.74 Å². The van der Waals surface area contributed by atoms with Gasteiger partial charge in [0.05, 0.1) is 39.1 Å². The van der Waals surface area contributed by atoms with Crippen LogP contribution in [0.1, 0.15) is 12.5 Å². The molecule has 0 aromatic heterocycles. The molecule has 0 saturated heterocycles. The lowest BCUT2D eigenvalue weighted by atomic mass is 10.1. The highest BCUT2D eigenvalue weighted by molar-refractivity contribution is 5.27. The van der Waals surface area contributed by atoms with Gasteiger partial charge in [-0.15, -0.1) is 0 Å². The van der Waals surface area contributed by atoms with Crippen molar-refractivity contribution in [3.63, 3.8) is 0 Å². The summed E-state index contributed by atoms with van der Waals surface area (Å²) in [5.41, 5.74) is 1.10. The fraction of sp³-hybridized carbons (Fsp3) is 0.625. The Labute approximate surface area is 126 Å². The van der Waals surface area contributed by atoms with Crippen LogP contribution in [0.2, 0.25) is 0 Å². The van der Waals surface area contributed by atoms with Crippen LogP contribution in [0.3, 0.4) is 0 Å². The number of aliphatic hydroxyl groups excluding tert-OH is 1. The number of rotatable bonds is 12. The Morgan fingerprint density at radius 1 is 0.905 bits per heavy atom. The van der Waals surface area contributed by atoms with Crippen LogP contribution >= 0.6 is 0 Å². The summed E-state index contributed by atoms with van der Waals surface area (Å²) >= 11 is 0. The molecule has 0 aliphatic carbocycles. The third kappa shape index (κ3) is 9.42. The maximum Gasteiger partial charge on any atom is 0.119 e. The van der Waals surface area contributed by atoms with Crippen LogP contribution in [0.25, 0.3) is 0 Å². The van der Waals surface area contributed by atoms with Crippen LogP contribution in [0.15, 0.2) is 24.3 Å². The maximum atomic E-state index is 9.30. The summed E-state index contributed by atoms with van der Waals surface area (Å²) < 4.78 is 21.1. The third-order valence-corrected chi connectivity index (χ3v) is 2.75. The molecule has 1 atom stereocenters. The molecular formula is C16H26O5. The molecule has 0 heterocycles.